The highest BCUT2D eigenvalue weighted by Gasteiger charge is 2.20. The number of nitrogens with zero attached hydrogens (tertiary/aromatic N) is 1. The number of hydrogen-bond acceptors (Lipinski definition) is 3. The van der Waals surface area contributed by atoms with Crippen LogP contribution in [0.25, 0.3) is 65.8 Å². The van der Waals surface area contributed by atoms with Gasteiger partial charge in [-0.3, -0.25) is 0 Å². The van der Waals surface area contributed by atoms with E-state index in [1.54, 1.807) is 0 Å². The molecular formula is C40H25NO2. The average Bonchev–Trinajstić information content (AvgIpc) is 3.64. The first-order valence-corrected chi connectivity index (χ1v) is 14.5. The van der Waals surface area contributed by atoms with E-state index < -0.39 is 0 Å². The Balaban J connectivity index is 1.32. The molecule has 0 fully saturated rings. The smallest absolute Gasteiger partial charge is 0.143 e. The highest BCUT2D eigenvalue weighted by molar-refractivity contribution is 6.16. The highest BCUT2D eigenvalue weighted by Crippen LogP contribution is 2.44. The van der Waals surface area contributed by atoms with Crippen molar-refractivity contribution >= 4 is 71.7 Å². The van der Waals surface area contributed by atoms with Crippen LogP contribution in [-0.4, -0.2) is 0 Å². The first-order chi connectivity index (χ1) is 21.3. The van der Waals surface area contributed by atoms with Crippen molar-refractivity contribution in [2.24, 2.45) is 0 Å². The molecule has 3 nitrogen and oxygen atoms in total. The van der Waals surface area contributed by atoms with Gasteiger partial charge in [0.15, 0.2) is 0 Å². The van der Waals surface area contributed by atoms with E-state index in [0.29, 0.717) is 0 Å². The number of furan rings is 2. The van der Waals surface area contributed by atoms with Crippen molar-refractivity contribution in [2.45, 2.75) is 0 Å². The third-order valence-electron chi connectivity index (χ3n) is 8.45. The number of rotatable bonds is 4. The zero-order valence-corrected chi connectivity index (χ0v) is 23.2. The molecule has 0 atom stereocenters. The minimum atomic E-state index is 0.862. The largest absolute Gasteiger partial charge is 0.456 e. The van der Waals surface area contributed by atoms with E-state index in [0.717, 1.165) is 82.8 Å². The second-order valence-corrected chi connectivity index (χ2v) is 10.9. The van der Waals surface area contributed by atoms with Crippen molar-refractivity contribution in [3.8, 4) is 11.1 Å². The first-order valence-electron chi connectivity index (χ1n) is 14.5. The Labute approximate surface area is 247 Å². The van der Waals surface area contributed by atoms with Gasteiger partial charge in [0.2, 0.25) is 0 Å². The van der Waals surface area contributed by atoms with Crippen LogP contribution in [0.4, 0.5) is 17.1 Å². The minimum Gasteiger partial charge on any atom is -0.456 e. The number of hydrogen-bond donors (Lipinski definition) is 0. The molecule has 7 aromatic carbocycles. The van der Waals surface area contributed by atoms with Gasteiger partial charge in [-0.15, -0.1) is 0 Å². The molecule has 2 heterocycles. The summed E-state index contributed by atoms with van der Waals surface area (Å²) in [6, 6.07) is 53.1. The van der Waals surface area contributed by atoms with Crippen molar-refractivity contribution in [3.63, 3.8) is 0 Å². The zero-order chi connectivity index (χ0) is 28.3. The average molecular weight is 552 g/mol. The quantitative estimate of drug-likeness (QED) is 0.218. The second kappa shape index (κ2) is 9.37. The standard InChI is InChI=1S/C40H25NO2/c1-2-10-26(11-3-1)30-12-4-7-15-36(30)41(29-21-23-33-31-13-5-8-16-37(31)42-39(33)25-29)28-20-18-27-19-22-34-32-14-6-9-17-38(32)43-40(34)35(27)24-28/h1-25H. The van der Waals surface area contributed by atoms with Gasteiger partial charge in [0, 0.05) is 49.9 Å². The maximum absolute atomic E-state index is 6.46. The van der Waals surface area contributed by atoms with Gasteiger partial charge in [-0.25, -0.2) is 0 Å². The van der Waals surface area contributed by atoms with Crippen LogP contribution >= 0.6 is 0 Å². The molecule has 0 saturated heterocycles. The van der Waals surface area contributed by atoms with Crippen LogP contribution in [0.1, 0.15) is 0 Å². The highest BCUT2D eigenvalue weighted by atomic mass is 16.3. The molecule has 0 N–H and O–H groups in total. The number of fused-ring (bicyclic) bond motifs is 8. The molecule has 2 aromatic heterocycles. The molecule has 0 aliphatic carbocycles. The molecule has 0 amide bonds. The third kappa shape index (κ3) is 3.75. The van der Waals surface area contributed by atoms with Gasteiger partial charge >= 0.3 is 0 Å². The van der Waals surface area contributed by atoms with Gasteiger partial charge in [0.05, 0.1) is 5.69 Å². The van der Waals surface area contributed by atoms with E-state index in [4.69, 9.17) is 8.83 Å². The molecule has 9 aromatic rings. The summed E-state index contributed by atoms with van der Waals surface area (Å²) < 4.78 is 12.8. The Morgan fingerprint density at radius 2 is 1.00 bits per heavy atom. The summed E-state index contributed by atoms with van der Waals surface area (Å²) in [6.45, 7) is 0. The van der Waals surface area contributed by atoms with Crippen molar-refractivity contribution in [3.05, 3.63) is 152 Å². The van der Waals surface area contributed by atoms with E-state index >= 15 is 0 Å². The van der Waals surface area contributed by atoms with Gasteiger partial charge in [0.25, 0.3) is 0 Å². The fraction of sp³-hybridized carbons (Fsp3) is 0. The molecule has 0 unspecified atom stereocenters. The maximum atomic E-state index is 6.46. The fourth-order valence-corrected chi connectivity index (χ4v) is 6.44. The number of anilines is 3. The zero-order valence-electron chi connectivity index (χ0n) is 23.2. The summed E-state index contributed by atoms with van der Waals surface area (Å²) in [5.74, 6) is 0. The van der Waals surface area contributed by atoms with Crippen LogP contribution in [0.2, 0.25) is 0 Å². The summed E-state index contributed by atoms with van der Waals surface area (Å²) in [5, 5.41) is 6.71. The normalized spacial score (nSPS) is 11.7. The van der Waals surface area contributed by atoms with Crippen LogP contribution in [0.15, 0.2) is 160 Å². The lowest BCUT2D eigenvalue weighted by molar-refractivity contribution is 0.669. The summed E-state index contributed by atoms with van der Waals surface area (Å²) in [4.78, 5) is 2.33. The van der Waals surface area contributed by atoms with Gasteiger partial charge in [-0.1, -0.05) is 97.1 Å². The topological polar surface area (TPSA) is 29.5 Å². The van der Waals surface area contributed by atoms with Crippen molar-refractivity contribution in [2.75, 3.05) is 4.90 Å². The van der Waals surface area contributed by atoms with Crippen LogP contribution in [0, 0.1) is 0 Å². The number of benzene rings is 7. The lowest BCUT2D eigenvalue weighted by atomic mass is 10.0. The lowest BCUT2D eigenvalue weighted by Gasteiger charge is -2.28. The maximum Gasteiger partial charge on any atom is 0.143 e. The summed E-state index contributed by atoms with van der Waals surface area (Å²) in [5.41, 5.74) is 9.01. The van der Waals surface area contributed by atoms with Gasteiger partial charge in [-0.2, -0.15) is 0 Å². The molecule has 0 spiro atoms. The first kappa shape index (κ1) is 23.9. The van der Waals surface area contributed by atoms with E-state index in [1.807, 2.05) is 24.3 Å². The summed E-state index contributed by atoms with van der Waals surface area (Å²) >= 11 is 0. The summed E-state index contributed by atoms with van der Waals surface area (Å²) in [7, 11) is 0. The molecule has 0 saturated carbocycles. The van der Waals surface area contributed by atoms with Crippen LogP contribution in [0.3, 0.4) is 0 Å². The summed E-state index contributed by atoms with van der Waals surface area (Å²) in [6.07, 6.45) is 0. The van der Waals surface area contributed by atoms with Crippen molar-refractivity contribution < 1.29 is 8.83 Å². The minimum absolute atomic E-state index is 0.862. The van der Waals surface area contributed by atoms with E-state index in [1.165, 1.54) is 0 Å². The molecule has 202 valence electrons. The molecule has 3 heteroatoms. The van der Waals surface area contributed by atoms with Crippen LogP contribution < -0.4 is 4.90 Å². The third-order valence-corrected chi connectivity index (χ3v) is 8.45. The van der Waals surface area contributed by atoms with Crippen LogP contribution in [0.5, 0.6) is 0 Å². The van der Waals surface area contributed by atoms with E-state index in [2.05, 4.69) is 132 Å². The van der Waals surface area contributed by atoms with E-state index in [-0.39, 0.29) is 0 Å². The Hall–Kier alpha value is -5.80. The molecule has 0 aliphatic rings. The van der Waals surface area contributed by atoms with Gasteiger partial charge < -0.3 is 13.7 Å². The molecule has 0 bridgehead atoms. The predicted octanol–water partition coefficient (Wildman–Crippen LogP) is 11.8. The predicted molar refractivity (Wildman–Crippen MR) is 179 cm³/mol. The molecule has 9 rings (SSSR count). The Morgan fingerprint density at radius 1 is 0.395 bits per heavy atom. The Kier molecular flexibility index (Phi) is 5.20. The van der Waals surface area contributed by atoms with Gasteiger partial charge in [-0.05, 0) is 59.5 Å². The lowest BCUT2D eigenvalue weighted by Crippen LogP contribution is -2.11. The monoisotopic (exact) mass is 551 g/mol. The van der Waals surface area contributed by atoms with Crippen molar-refractivity contribution in [1.82, 2.24) is 0 Å². The van der Waals surface area contributed by atoms with E-state index in [9.17, 15) is 0 Å². The fourth-order valence-electron chi connectivity index (χ4n) is 6.44. The molecule has 0 radical (unpaired) electrons. The van der Waals surface area contributed by atoms with Gasteiger partial charge in [0.1, 0.15) is 22.3 Å². The van der Waals surface area contributed by atoms with Crippen LogP contribution in [-0.2, 0) is 0 Å². The molecule has 0 aliphatic heterocycles. The Bertz CT molecular complexity index is 2470. The Morgan fingerprint density at radius 3 is 1.86 bits per heavy atom. The SMILES string of the molecule is c1ccc(-c2ccccc2N(c2ccc3c(c2)oc2ccccc23)c2ccc3ccc4c5ccccc5oc4c3c2)cc1. The number of para-hydroxylation sites is 3. The second-order valence-electron chi connectivity index (χ2n) is 10.9. The molecular weight excluding hydrogens is 526 g/mol. The van der Waals surface area contributed by atoms with Crippen molar-refractivity contribution in [1.29, 1.82) is 0 Å². The molecule has 43 heavy (non-hydrogen) atoms.